The molecule has 0 aromatic heterocycles. The van der Waals surface area contributed by atoms with Gasteiger partial charge in [-0.1, -0.05) is 37.4 Å². The second-order valence-corrected chi connectivity index (χ2v) is 7.30. The van der Waals surface area contributed by atoms with Crippen LogP contribution in [0.25, 0.3) is 0 Å². The van der Waals surface area contributed by atoms with Crippen molar-refractivity contribution in [2.45, 2.75) is 12.8 Å². The number of carbonyl (C=O) groups excluding carboxylic acids is 3. The summed E-state index contributed by atoms with van der Waals surface area (Å²) < 4.78 is 16.5. The third-order valence-electron chi connectivity index (χ3n) is 4.81. The van der Waals surface area contributed by atoms with Crippen LogP contribution in [0, 0.1) is 0 Å². The molecule has 0 heterocycles. The molecule has 0 N–H and O–H groups in total. The van der Waals surface area contributed by atoms with Gasteiger partial charge in [0, 0.05) is 12.8 Å². The molecule has 0 aliphatic rings. The monoisotopic (exact) mass is 456 g/mol. The third kappa shape index (κ3) is 7.31. The standard InChI is InChI=1S/C28H24O6/c1-3-23(29)17-20-5-11-25(12-6-20)32-19-33-26-15-9-22(10-16-26)28(31)34-27-13-7-21(8-14-27)18-24(30)4-2/h3-16H,1-2,17-19H2. The average molecular weight is 456 g/mol. The van der Waals surface area contributed by atoms with Crippen molar-refractivity contribution in [1.29, 1.82) is 0 Å². The van der Waals surface area contributed by atoms with Crippen LogP contribution in [-0.4, -0.2) is 24.3 Å². The van der Waals surface area contributed by atoms with Crippen LogP contribution in [0.3, 0.4) is 0 Å². The predicted molar refractivity (Wildman–Crippen MR) is 128 cm³/mol. The number of hydrogen-bond donors (Lipinski definition) is 0. The maximum Gasteiger partial charge on any atom is 0.343 e. The molecule has 0 radical (unpaired) electrons. The topological polar surface area (TPSA) is 78.9 Å². The second kappa shape index (κ2) is 12.0. The number of carbonyl (C=O) groups is 3. The Morgan fingerprint density at radius 1 is 0.618 bits per heavy atom. The fraction of sp³-hybridized carbons (Fsp3) is 0.107. The van der Waals surface area contributed by atoms with Crippen LogP contribution < -0.4 is 14.2 Å². The Labute approximate surface area is 198 Å². The van der Waals surface area contributed by atoms with Gasteiger partial charge in [-0.3, -0.25) is 9.59 Å². The second-order valence-electron chi connectivity index (χ2n) is 7.30. The van der Waals surface area contributed by atoms with Crippen LogP contribution in [-0.2, 0) is 22.4 Å². The molecule has 172 valence electrons. The Morgan fingerprint density at radius 2 is 1.03 bits per heavy atom. The molecule has 0 saturated heterocycles. The van der Waals surface area contributed by atoms with Gasteiger partial charge in [-0.05, 0) is 71.8 Å². The molecule has 0 unspecified atom stereocenters. The third-order valence-corrected chi connectivity index (χ3v) is 4.81. The van der Waals surface area contributed by atoms with Crippen LogP contribution in [0.15, 0.2) is 98.1 Å². The van der Waals surface area contributed by atoms with Gasteiger partial charge in [0.1, 0.15) is 17.2 Å². The van der Waals surface area contributed by atoms with Crippen molar-refractivity contribution in [3.05, 3.63) is 115 Å². The van der Waals surface area contributed by atoms with Gasteiger partial charge in [0.25, 0.3) is 0 Å². The van der Waals surface area contributed by atoms with E-state index in [0.717, 1.165) is 11.1 Å². The molecule has 0 atom stereocenters. The lowest BCUT2D eigenvalue weighted by atomic mass is 10.1. The quantitative estimate of drug-likeness (QED) is 0.167. The van der Waals surface area contributed by atoms with E-state index >= 15 is 0 Å². The van der Waals surface area contributed by atoms with Gasteiger partial charge in [0.05, 0.1) is 5.56 Å². The zero-order valence-corrected chi connectivity index (χ0v) is 18.6. The molecule has 0 spiro atoms. The van der Waals surface area contributed by atoms with E-state index in [-0.39, 0.29) is 24.8 Å². The first kappa shape index (κ1) is 24.2. The first-order chi connectivity index (χ1) is 16.5. The first-order valence-corrected chi connectivity index (χ1v) is 10.5. The Bertz CT molecular complexity index is 1160. The normalized spacial score (nSPS) is 10.1. The highest BCUT2D eigenvalue weighted by Gasteiger charge is 2.09. The van der Waals surface area contributed by atoms with Crippen molar-refractivity contribution in [3.8, 4) is 17.2 Å². The summed E-state index contributed by atoms with van der Waals surface area (Å²) >= 11 is 0. The zero-order chi connectivity index (χ0) is 24.3. The number of allylic oxidation sites excluding steroid dienone is 2. The Morgan fingerprint density at radius 3 is 1.47 bits per heavy atom. The van der Waals surface area contributed by atoms with Gasteiger partial charge in [0.15, 0.2) is 11.6 Å². The van der Waals surface area contributed by atoms with Gasteiger partial charge in [-0.2, -0.15) is 0 Å². The van der Waals surface area contributed by atoms with E-state index in [4.69, 9.17) is 14.2 Å². The van der Waals surface area contributed by atoms with E-state index in [1.165, 1.54) is 12.2 Å². The lowest BCUT2D eigenvalue weighted by molar-refractivity contribution is -0.114. The SMILES string of the molecule is C=CC(=O)Cc1ccc(OCOc2ccc(C(=O)Oc3ccc(CC(=O)C=C)cc3)cc2)cc1. The van der Waals surface area contributed by atoms with Gasteiger partial charge in [-0.25, -0.2) is 4.79 Å². The predicted octanol–water partition coefficient (Wildman–Crippen LogP) is 4.92. The largest absolute Gasteiger partial charge is 0.458 e. The summed E-state index contributed by atoms with van der Waals surface area (Å²) in [7, 11) is 0. The molecule has 6 heteroatoms. The van der Waals surface area contributed by atoms with Crippen molar-refractivity contribution in [2.75, 3.05) is 6.79 Å². The van der Waals surface area contributed by atoms with Crippen LogP contribution >= 0.6 is 0 Å². The highest BCUT2D eigenvalue weighted by atomic mass is 16.7. The molecular formula is C28H24O6. The minimum atomic E-state index is -0.507. The molecule has 3 rings (SSSR count). The van der Waals surface area contributed by atoms with Crippen molar-refractivity contribution in [1.82, 2.24) is 0 Å². The Hall–Kier alpha value is -4.45. The number of esters is 1. The molecule has 0 fully saturated rings. The Balaban J connectivity index is 1.46. The first-order valence-electron chi connectivity index (χ1n) is 10.5. The maximum absolute atomic E-state index is 12.4. The van der Waals surface area contributed by atoms with Crippen LogP contribution in [0.2, 0.25) is 0 Å². The molecular weight excluding hydrogens is 432 g/mol. The summed E-state index contributed by atoms with van der Waals surface area (Å²) in [6, 6.07) is 20.4. The van der Waals surface area contributed by atoms with Crippen LogP contribution in [0.5, 0.6) is 17.2 Å². The molecule has 0 aliphatic carbocycles. The van der Waals surface area contributed by atoms with Crippen LogP contribution in [0.4, 0.5) is 0 Å². The molecule has 3 aromatic carbocycles. The van der Waals surface area contributed by atoms with Crippen LogP contribution in [0.1, 0.15) is 21.5 Å². The number of ether oxygens (including phenoxy) is 3. The maximum atomic E-state index is 12.4. The minimum Gasteiger partial charge on any atom is -0.458 e. The highest BCUT2D eigenvalue weighted by molar-refractivity contribution is 5.92. The highest BCUT2D eigenvalue weighted by Crippen LogP contribution is 2.18. The molecule has 0 bridgehead atoms. The summed E-state index contributed by atoms with van der Waals surface area (Å²) in [5, 5.41) is 0. The molecule has 0 saturated carbocycles. The molecule has 3 aromatic rings. The van der Waals surface area contributed by atoms with Gasteiger partial charge in [-0.15, -0.1) is 0 Å². The number of rotatable bonds is 12. The minimum absolute atomic E-state index is 0.0184. The fourth-order valence-electron chi connectivity index (χ4n) is 2.94. The van der Waals surface area contributed by atoms with E-state index < -0.39 is 5.97 Å². The number of benzene rings is 3. The number of hydrogen-bond acceptors (Lipinski definition) is 6. The van der Waals surface area contributed by atoms with E-state index in [2.05, 4.69) is 13.2 Å². The van der Waals surface area contributed by atoms with Crippen molar-refractivity contribution < 1.29 is 28.6 Å². The average Bonchev–Trinajstić information content (AvgIpc) is 2.86. The Kier molecular flexibility index (Phi) is 8.52. The van der Waals surface area contributed by atoms with Crippen molar-refractivity contribution in [3.63, 3.8) is 0 Å². The molecule has 34 heavy (non-hydrogen) atoms. The molecule has 0 amide bonds. The van der Waals surface area contributed by atoms with Gasteiger partial charge >= 0.3 is 5.97 Å². The van der Waals surface area contributed by atoms with Crippen molar-refractivity contribution in [2.24, 2.45) is 0 Å². The van der Waals surface area contributed by atoms with Gasteiger partial charge in [0.2, 0.25) is 6.79 Å². The summed E-state index contributed by atoms with van der Waals surface area (Å²) in [5.74, 6) is 0.892. The van der Waals surface area contributed by atoms with E-state index in [9.17, 15) is 14.4 Å². The molecule has 6 nitrogen and oxygen atoms in total. The zero-order valence-electron chi connectivity index (χ0n) is 18.6. The lowest BCUT2D eigenvalue weighted by Crippen LogP contribution is -2.09. The summed E-state index contributed by atoms with van der Waals surface area (Å²) in [4.78, 5) is 35.2. The summed E-state index contributed by atoms with van der Waals surface area (Å²) in [6.07, 6.45) is 3.14. The smallest absolute Gasteiger partial charge is 0.343 e. The van der Waals surface area contributed by atoms with E-state index in [0.29, 0.717) is 29.2 Å². The van der Waals surface area contributed by atoms with Gasteiger partial charge < -0.3 is 14.2 Å². The van der Waals surface area contributed by atoms with E-state index in [1.54, 1.807) is 60.7 Å². The fourth-order valence-corrected chi connectivity index (χ4v) is 2.94. The summed E-state index contributed by atoms with van der Waals surface area (Å²) in [6.45, 7) is 6.89. The van der Waals surface area contributed by atoms with E-state index in [1.807, 2.05) is 12.1 Å². The molecule has 0 aliphatic heterocycles. The number of ketones is 2. The van der Waals surface area contributed by atoms with Crippen molar-refractivity contribution >= 4 is 17.5 Å². The summed E-state index contributed by atoms with van der Waals surface area (Å²) in [5.41, 5.74) is 2.05. The lowest BCUT2D eigenvalue weighted by Gasteiger charge is -2.10.